The Hall–Kier alpha value is -2.96. The van der Waals surface area contributed by atoms with E-state index in [0.717, 1.165) is 16.8 Å². The fraction of sp³-hybridized carbons (Fsp3) is 0.294. The van der Waals surface area contributed by atoms with Gasteiger partial charge in [0.15, 0.2) is 22.9 Å². The molecule has 0 aliphatic carbocycles. The van der Waals surface area contributed by atoms with Crippen molar-refractivity contribution in [1.29, 1.82) is 0 Å². The quantitative estimate of drug-likeness (QED) is 0.686. The van der Waals surface area contributed by atoms with E-state index in [-0.39, 0.29) is 5.78 Å². The van der Waals surface area contributed by atoms with Gasteiger partial charge in [-0.3, -0.25) is 4.79 Å². The first-order valence-corrected chi connectivity index (χ1v) is 7.43. The summed E-state index contributed by atoms with van der Waals surface area (Å²) in [5, 5.41) is 12.8. The third kappa shape index (κ3) is 2.38. The molecule has 0 aliphatic rings. The lowest BCUT2D eigenvalue weighted by Gasteiger charge is -2.09. The summed E-state index contributed by atoms with van der Waals surface area (Å²) in [4.78, 5) is 11.7. The molecule has 24 heavy (non-hydrogen) atoms. The van der Waals surface area contributed by atoms with E-state index in [0.29, 0.717) is 28.5 Å². The summed E-state index contributed by atoms with van der Waals surface area (Å²) in [6.45, 7) is 5.17. The molecule has 3 aromatic rings. The molecule has 0 saturated heterocycles. The molecular weight excluding hydrogens is 308 g/mol. The van der Waals surface area contributed by atoms with Crippen LogP contribution in [0.25, 0.3) is 16.8 Å². The fourth-order valence-electron chi connectivity index (χ4n) is 2.77. The van der Waals surface area contributed by atoms with Gasteiger partial charge >= 0.3 is 0 Å². The lowest BCUT2D eigenvalue weighted by atomic mass is 10.1. The van der Waals surface area contributed by atoms with Gasteiger partial charge in [-0.2, -0.15) is 5.10 Å². The average Bonchev–Trinajstić information content (AvgIpc) is 2.91. The Balaban J connectivity index is 2.26. The lowest BCUT2D eigenvalue weighted by molar-refractivity contribution is 0.101. The molecule has 0 N–H and O–H groups in total. The van der Waals surface area contributed by atoms with Gasteiger partial charge in [-0.1, -0.05) is 6.07 Å². The van der Waals surface area contributed by atoms with E-state index in [1.165, 1.54) is 6.92 Å². The van der Waals surface area contributed by atoms with Crippen LogP contribution in [-0.4, -0.2) is 39.8 Å². The zero-order valence-corrected chi connectivity index (χ0v) is 14.2. The number of benzene rings is 1. The van der Waals surface area contributed by atoms with Crippen molar-refractivity contribution >= 4 is 11.4 Å². The number of carbonyl (C=O) groups excluding carboxylic acids is 1. The molecule has 0 amide bonds. The number of Topliss-reactive ketones (excluding diaryl/α,β-unsaturated/α-hetero) is 1. The van der Waals surface area contributed by atoms with Crippen molar-refractivity contribution in [1.82, 2.24) is 19.8 Å². The van der Waals surface area contributed by atoms with Crippen molar-refractivity contribution in [2.75, 3.05) is 14.2 Å². The summed E-state index contributed by atoms with van der Waals surface area (Å²) in [6.07, 6.45) is 0. The summed E-state index contributed by atoms with van der Waals surface area (Å²) in [6, 6.07) is 5.63. The number of hydrogen-bond donors (Lipinski definition) is 0. The van der Waals surface area contributed by atoms with Crippen molar-refractivity contribution in [3.05, 3.63) is 35.3 Å². The third-order valence-corrected chi connectivity index (χ3v) is 3.95. The van der Waals surface area contributed by atoms with Crippen LogP contribution in [0.15, 0.2) is 18.2 Å². The van der Waals surface area contributed by atoms with Gasteiger partial charge < -0.3 is 9.47 Å². The Morgan fingerprint density at radius 3 is 2.42 bits per heavy atom. The topological polar surface area (TPSA) is 78.6 Å². The number of hydrogen-bond acceptors (Lipinski definition) is 6. The van der Waals surface area contributed by atoms with Crippen LogP contribution in [0.4, 0.5) is 0 Å². The molecule has 7 nitrogen and oxygen atoms in total. The van der Waals surface area contributed by atoms with Crippen LogP contribution < -0.4 is 9.47 Å². The summed E-state index contributed by atoms with van der Waals surface area (Å²) >= 11 is 0. The van der Waals surface area contributed by atoms with E-state index in [2.05, 4.69) is 15.3 Å². The second kappa shape index (κ2) is 5.92. The number of aromatic nitrogens is 4. The minimum atomic E-state index is -0.136. The van der Waals surface area contributed by atoms with Crippen LogP contribution in [0.1, 0.15) is 28.8 Å². The van der Waals surface area contributed by atoms with Crippen molar-refractivity contribution in [2.24, 2.45) is 0 Å². The Morgan fingerprint density at radius 1 is 1.08 bits per heavy atom. The molecule has 0 saturated carbocycles. The maximum absolute atomic E-state index is 11.7. The fourth-order valence-corrected chi connectivity index (χ4v) is 2.77. The van der Waals surface area contributed by atoms with Crippen LogP contribution in [0.2, 0.25) is 0 Å². The number of aryl methyl sites for hydroxylation is 2. The van der Waals surface area contributed by atoms with Gasteiger partial charge in [-0.25, -0.2) is 4.52 Å². The molecule has 1 aromatic carbocycles. The molecule has 0 fully saturated rings. The first kappa shape index (κ1) is 15.9. The van der Waals surface area contributed by atoms with Crippen molar-refractivity contribution in [3.63, 3.8) is 0 Å². The standard InChI is InChI=1S/C17H18N4O3/c1-9-15(12-6-7-13(23-4)14(8-12)24-5)17-19-18-16(11(3)22)10(2)21(17)20-9/h6-8H,1-5H3. The SMILES string of the molecule is COc1ccc(-c2c(C)nn3c(C)c(C(C)=O)nnc23)cc1OC. The second-order valence-electron chi connectivity index (χ2n) is 5.46. The van der Waals surface area contributed by atoms with Crippen LogP contribution in [0.5, 0.6) is 11.5 Å². The summed E-state index contributed by atoms with van der Waals surface area (Å²) in [5.41, 5.74) is 4.12. The van der Waals surface area contributed by atoms with E-state index in [1.807, 2.05) is 32.0 Å². The lowest BCUT2D eigenvalue weighted by Crippen LogP contribution is -2.09. The number of ether oxygens (including phenoxy) is 2. The van der Waals surface area contributed by atoms with Gasteiger partial charge in [0.25, 0.3) is 0 Å². The van der Waals surface area contributed by atoms with Crippen LogP contribution in [-0.2, 0) is 0 Å². The van der Waals surface area contributed by atoms with E-state index in [4.69, 9.17) is 9.47 Å². The van der Waals surface area contributed by atoms with Gasteiger partial charge in [0, 0.05) is 6.92 Å². The zero-order chi connectivity index (χ0) is 17.4. The molecule has 0 aliphatic heterocycles. The highest BCUT2D eigenvalue weighted by atomic mass is 16.5. The highest BCUT2D eigenvalue weighted by molar-refractivity contribution is 5.93. The predicted molar refractivity (Wildman–Crippen MR) is 88.8 cm³/mol. The highest BCUT2D eigenvalue weighted by Gasteiger charge is 2.19. The van der Waals surface area contributed by atoms with Gasteiger partial charge in [-0.05, 0) is 31.5 Å². The molecule has 0 spiro atoms. The van der Waals surface area contributed by atoms with Crippen LogP contribution in [0.3, 0.4) is 0 Å². The summed E-state index contributed by atoms with van der Waals surface area (Å²) in [7, 11) is 3.18. The molecule has 0 atom stereocenters. The first-order valence-electron chi connectivity index (χ1n) is 7.43. The highest BCUT2D eigenvalue weighted by Crippen LogP contribution is 2.35. The number of methoxy groups -OCH3 is 2. The van der Waals surface area contributed by atoms with Crippen LogP contribution >= 0.6 is 0 Å². The summed E-state index contributed by atoms with van der Waals surface area (Å²) in [5.74, 6) is 1.14. The smallest absolute Gasteiger partial charge is 0.185 e. The predicted octanol–water partition coefficient (Wildman–Crippen LogP) is 2.63. The van der Waals surface area contributed by atoms with Crippen molar-refractivity contribution < 1.29 is 14.3 Å². The van der Waals surface area contributed by atoms with E-state index in [9.17, 15) is 4.79 Å². The molecule has 124 valence electrons. The van der Waals surface area contributed by atoms with Gasteiger partial charge in [-0.15, -0.1) is 10.2 Å². The number of carbonyl (C=O) groups is 1. The third-order valence-electron chi connectivity index (χ3n) is 3.95. The van der Waals surface area contributed by atoms with Crippen molar-refractivity contribution in [3.8, 4) is 22.6 Å². The Kier molecular flexibility index (Phi) is 3.92. The second-order valence-corrected chi connectivity index (χ2v) is 5.46. The van der Waals surface area contributed by atoms with Gasteiger partial charge in [0.05, 0.1) is 31.2 Å². The Morgan fingerprint density at radius 2 is 1.79 bits per heavy atom. The van der Waals surface area contributed by atoms with Gasteiger partial charge in [0.1, 0.15) is 5.69 Å². The maximum atomic E-state index is 11.7. The molecule has 0 radical (unpaired) electrons. The molecule has 2 heterocycles. The Labute approximate surface area is 139 Å². The van der Waals surface area contributed by atoms with E-state index < -0.39 is 0 Å². The number of rotatable bonds is 4. The maximum Gasteiger partial charge on any atom is 0.185 e. The number of fused-ring (bicyclic) bond motifs is 1. The zero-order valence-electron chi connectivity index (χ0n) is 14.2. The van der Waals surface area contributed by atoms with E-state index in [1.54, 1.807) is 18.7 Å². The molecule has 3 rings (SSSR count). The summed E-state index contributed by atoms with van der Waals surface area (Å²) < 4.78 is 12.3. The van der Waals surface area contributed by atoms with Gasteiger partial charge in [0.2, 0.25) is 0 Å². The Bertz CT molecular complexity index is 947. The number of ketones is 1. The number of nitrogens with zero attached hydrogens (tertiary/aromatic N) is 4. The molecule has 7 heteroatoms. The normalized spacial score (nSPS) is 10.9. The first-order chi connectivity index (χ1) is 11.5. The largest absolute Gasteiger partial charge is 0.493 e. The molecule has 0 bridgehead atoms. The monoisotopic (exact) mass is 326 g/mol. The van der Waals surface area contributed by atoms with E-state index >= 15 is 0 Å². The van der Waals surface area contributed by atoms with Crippen LogP contribution in [0, 0.1) is 13.8 Å². The molecular formula is C17H18N4O3. The minimum absolute atomic E-state index is 0.136. The average molecular weight is 326 g/mol. The molecule has 0 unspecified atom stereocenters. The molecule has 2 aromatic heterocycles. The minimum Gasteiger partial charge on any atom is -0.493 e. The van der Waals surface area contributed by atoms with Crippen molar-refractivity contribution in [2.45, 2.75) is 20.8 Å².